The van der Waals surface area contributed by atoms with Crippen molar-refractivity contribution in [3.05, 3.63) is 0 Å². The van der Waals surface area contributed by atoms with Crippen molar-refractivity contribution >= 4 is 0 Å². The standard InChI is InChI=1S/C13H26N2O/c1-14(2)10-11-5-7-15(8-6-11)12-3-4-13(16)9-12/h11-13,16H,3-10H2,1-2H3. The number of aliphatic hydroxyl groups excluding tert-OH is 1. The largest absolute Gasteiger partial charge is 0.393 e. The number of aliphatic hydroxyl groups is 1. The van der Waals surface area contributed by atoms with Gasteiger partial charge in [0.05, 0.1) is 6.10 Å². The lowest BCUT2D eigenvalue weighted by Gasteiger charge is -2.36. The Labute approximate surface area is 99.4 Å². The molecule has 0 aromatic heterocycles. The second kappa shape index (κ2) is 5.48. The molecule has 2 rings (SSSR count). The summed E-state index contributed by atoms with van der Waals surface area (Å²) in [5, 5.41) is 9.57. The second-order valence-corrected chi connectivity index (χ2v) is 5.86. The van der Waals surface area contributed by atoms with Crippen molar-refractivity contribution in [1.82, 2.24) is 9.80 Å². The summed E-state index contributed by atoms with van der Waals surface area (Å²) in [5.41, 5.74) is 0. The lowest BCUT2D eigenvalue weighted by Crippen LogP contribution is -2.42. The van der Waals surface area contributed by atoms with Crippen LogP contribution in [0, 0.1) is 5.92 Å². The molecule has 1 N–H and O–H groups in total. The van der Waals surface area contributed by atoms with Gasteiger partial charge in [-0.3, -0.25) is 0 Å². The molecule has 0 radical (unpaired) electrons. The molecule has 3 heteroatoms. The second-order valence-electron chi connectivity index (χ2n) is 5.86. The Morgan fingerprint density at radius 2 is 1.81 bits per heavy atom. The van der Waals surface area contributed by atoms with Gasteiger partial charge in [-0.1, -0.05) is 0 Å². The van der Waals surface area contributed by atoms with Crippen LogP contribution in [-0.2, 0) is 0 Å². The van der Waals surface area contributed by atoms with Crippen molar-refractivity contribution in [2.45, 2.75) is 44.2 Å². The first kappa shape index (κ1) is 12.3. The Hall–Kier alpha value is -0.120. The van der Waals surface area contributed by atoms with Crippen LogP contribution in [0.4, 0.5) is 0 Å². The molecule has 1 saturated heterocycles. The first-order valence-electron chi connectivity index (χ1n) is 6.72. The Kier molecular flexibility index (Phi) is 4.22. The summed E-state index contributed by atoms with van der Waals surface area (Å²) in [6.07, 6.45) is 5.89. The van der Waals surface area contributed by atoms with Crippen LogP contribution in [0.15, 0.2) is 0 Å². The molecule has 0 aromatic rings. The van der Waals surface area contributed by atoms with E-state index in [1.165, 1.54) is 38.9 Å². The van der Waals surface area contributed by atoms with Gasteiger partial charge in [0.25, 0.3) is 0 Å². The van der Waals surface area contributed by atoms with Gasteiger partial charge in [0.15, 0.2) is 0 Å². The van der Waals surface area contributed by atoms with Crippen LogP contribution in [0.2, 0.25) is 0 Å². The summed E-state index contributed by atoms with van der Waals surface area (Å²) < 4.78 is 0. The van der Waals surface area contributed by atoms with Crippen LogP contribution in [0.5, 0.6) is 0 Å². The molecule has 3 nitrogen and oxygen atoms in total. The zero-order chi connectivity index (χ0) is 11.5. The van der Waals surface area contributed by atoms with Gasteiger partial charge >= 0.3 is 0 Å². The molecule has 0 bridgehead atoms. The zero-order valence-electron chi connectivity index (χ0n) is 10.7. The predicted molar refractivity (Wildman–Crippen MR) is 66.5 cm³/mol. The van der Waals surface area contributed by atoms with E-state index in [4.69, 9.17) is 0 Å². The Balaban J connectivity index is 1.72. The van der Waals surface area contributed by atoms with E-state index >= 15 is 0 Å². The average molecular weight is 226 g/mol. The fraction of sp³-hybridized carbons (Fsp3) is 1.00. The lowest BCUT2D eigenvalue weighted by molar-refractivity contribution is 0.108. The normalized spacial score (nSPS) is 33.8. The van der Waals surface area contributed by atoms with Crippen molar-refractivity contribution in [2.24, 2.45) is 5.92 Å². The number of piperidine rings is 1. The van der Waals surface area contributed by atoms with Gasteiger partial charge in [0.2, 0.25) is 0 Å². The highest BCUT2D eigenvalue weighted by Gasteiger charge is 2.30. The van der Waals surface area contributed by atoms with Crippen molar-refractivity contribution in [3.8, 4) is 0 Å². The summed E-state index contributed by atoms with van der Waals surface area (Å²) in [6, 6.07) is 0.676. The fourth-order valence-corrected chi connectivity index (χ4v) is 3.28. The summed E-state index contributed by atoms with van der Waals surface area (Å²) >= 11 is 0. The average Bonchev–Trinajstić information content (AvgIpc) is 2.65. The monoisotopic (exact) mass is 226 g/mol. The first-order chi connectivity index (χ1) is 7.65. The molecule has 1 aliphatic carbocycles. The van der Waals surface area contributed by atoms with E-state index in [2.05, 4.69) is 23.9 Å². The summed E-state index contributed by atoms with van der Waals surface area (Å²) in [6.45, 7) is 3.73. The molecule has 94 valence electrons. The first-order valence-corrected chi connectivity index (χ1v) is 6.72. The molecule has 1 aliphatic heterocycles. The smallest absolute Gasteiger partial charge is 0.0555 e. The number of rotatable bonds is 3. The quantitative estimate of drug-likeness (QED) is 0.782. The van der Waals surface area contributed by atoms with Crippen LogP contribution < -0.4 is 0 Å². The maximum atomic E-state index is 9.57. The van der Waals surface area contributed by atoms with E-state index in [1.807, 2.05) is 0 Å². The molecule has 0 amide bonds. The fourth-order valence-electron chi connectivity index (χ4n) is 3.28. The topological polar surface area (TPSA) is 26.7 Å². The van der Waals surface area contributed by atoms with Gasteiger partial charge in [-0.15, -0.1) is 0 Å². The molecule has 1 saturated carbocycles. The molecule has 2 atom stereocenters. The molecule has 0 spiro atoms. The third kappa shape index (κ3) is 3.19. The van der Waals surface area contributed by atoms with Crippen LogP contribution in [0.1, 0.15) is 32.1 Å². The van der Waals surface area contributed by atoms with E-state index in [0.29, 0.717) is 6.04 Å². The number of hydrogen-bond acceptors (Lipinski definition) is 3. The van der Waals surface area contributed by atoms with Gasteiger partial charge in [-0.25, -0.2) is 0 Å². The maximum absolute atomic E-state index is 9.57. The maximum Gasteiger partial charge on any atom is 0.0555 e. The third-order valence-corrected chi connectivity index (χ3v) is 4.17. The van der Waals surface area contributed by atoms with Crippen molar-refractivity contribution < 1.29 is 5.11 Å². The molecular weight excluding hydrogens is 200 g/mol. The van der Waals surface area contributed by atoms with Crippen LogP contribution in [0.25, 0.3) is 0 Å². The Morgan fingerprint density at radius 3 is 2.31 bits per heavy atom. The minimum atomic E-state index is -0.0236. The van der Waals surface area contributed by atoms with Crippen LogP contribution in [-0.4, -0.2) is 60.8 Å². The number of likely N-dealkylation sites (tertiary alicyclic amines) is 1. The van der Waals surface area contributed by atoms with Gasteiger partial charge in [-0.05, 0) is 65.2 Å². The Bertz CT molecular complexity index is 212. The number of hydrogen-bond donors (Lipinski definition) is 1. The molecule has 1 heterocycles. The van der Waals surface area contributed by atoms with Gasteiger partial charge in [-0.2, -0.15) is 0 Å². The van der Waals surface area contributed by atoms with E-state index in [9.17, 15) is 5.11 Å². The van der Waals surface area contributed by atoms with Gasteiger partial charge < -0.3 is 14.9 Å². The van der Waals surface area contributed by atoms with E-state index < -0.39 is 0 Å². The lowest BCUT2D eigenvalue weighted by atomic mass is 9.95. The SMILES string of the molecule is CN(C)CC1CCN(C2CCC(O)C2)CC1. The highest BCUT2D eigenvalue weighted by Crippen LogP contribution is 2.28. The van der Waals surface area contributed by atoms with Gasteiger partial charge in [0, 0.05) is 12.6 Å². The summed E-state index contributed by atoms with van der Waals surface area (Å²) in [7, 11) is 4.33. The number of nitrogens with zero attached hydrogens (tertiary/aromatic N) is 2. The highest BCUT2D eigenvalue weighted by molar-refractivity contribution is 4.85. The van der Waals surface area contributed by atoms with Crippen molar-refractivity contribution in [1.29, 1.82) is 0 Å². The predicted octanol–water partition coefficient (Wildman–Crippen LogP) is 1.17. The Morgan fingerprint density at radius 1 is 1.12 bits per heavy atom. The van der Waals surface area contributed by atoms with Gasteiger partial charge in [0.1, 0.15) is 0 Å². The summed E-state index contributed by atoms with van der Waals surface area (Å²) in [5.74, 6) is 0.887. The zero-order valence-corrected chi connectivity index (χ0v) is 10.7. The molecule has 0 aromatic carbocycles. The molecule has 2 fully saturated rings. The third-order valence-electron chi connectivity index (χ3n) is 4.17. The summed E-state index contributed by atoms with van der Waals surface area (Å²) in [4.78, 5) is 4.92. The molecule has 2 unspecified atom stereocenters. The van der Waals surface area contributed by atoms with Crippen LogP contribution >= 0.6 is 0 Å². The molecule has 16 heavy (non-hydrogen) atoms. The van der Waals surface area contributed by atoms with Crippen molar-refractivity contribution in [2.75, 3.05) is 33.7 Å². The molecule has 2 aliphatic rings. The minimum absolute atomic E-state index is 0.0236. The van der Waals surface area contributed by atoms with E-state index in [1.54, 1.807) is 0 Å². The molecular formula is C13H26N2O. The minimum Gasteiger partial charge on any atom is -0.393 e. The van der Waals surface area contributed by atoms with Crippen LogP contribution in [0.3, 0.4) is 0 Å². The van der Waals surface area contributed by atoms with Crippen molar-refractivity contribution in [3.63, 3.8) is 0 Å². The van der Waals surface area contributed by atoms with E-state index in [0.717, 1.165) is 18.8 Å². The van der Waals surface area contributed by atoms with E-state index in [-0.39, 0.29) is 6.10 Å². The highest BCUT2D eigenvalue weighted by atomic mass is 16.3.